The summed E-state index contributed by atoms with van der Waals surface area (Å²) in [6.45, 7) is 4.87. The summed E-state index contributed by atoms with van der Waals surface area (Å²) in [5, 5.41) is 10.2. The van der Waals surface area contributed by atoms with Crippen LogP contribution in [0.5, 0.6) is 0 Å². The molecule has 0 spiro atoms. The Morgan fingerprint density at radius 1 is 1.36 bits per heavy atom. The van der Waals surface area contributed by atoms with Crippen LogP contribution in [0.4, 0.5) is 5.82 Å². The van der Waals surface area contributed by atoms with Crippen molar-refractivity contribution < 1.29 is 0 Å². The average Bonchev–Trinajstić information content (AvgIpc) is 3.14. The summed E-state index contributed by atoms with van der Waals surface area (Å²) in [4.78, 5) is 15.7. The summed E-state index contributed by atoms with van der Waals surface area (Å²) in [7, 11) is 1.82. The predicted molar refractivity (Wildman–Crippen MR) is 104 cm³/mol. The van der Waals surface area contributed by atoms with Gasteiger partial charge in [0.25, 0.3) is 0 Å². The second-order valence-electron chi connectivity index (χ2n) is 6.11. The largest absolute Gasteiger partial charge is 0.356 e. The summed E-state index contributed by atoms with van der Waals surface area (Å²) < 4.78 is 0. The topological polar surface area (TPSA) is 65.4 Å². The Balaban J connectivity index is 1.45. The number of nitrogens with zero attached hydrogens (tertiary/aromatic N) is 4. The maximum Gasteiger partial charge on any atom is 0.191 e. The van der Waals surface area contributed by atoms with E-state index in [2.05, 4.69) is 48.9 Å². The molecule has 2 N–H and O–H groups in total. The molecule has 1 aliphatic heterocycles. The minimum absolute atomic E-state index is 0.438. The van der Waals surface area contributed by atoms with Crippen LogP contribution in [-0.4, -0.2) is 42.1 Å². The van der Waals surface area contributed by atoms with Crippen LogP contribution in [0.1, 0.15) is 30.5 Å². The van der Waals surface area contributed by atoms with Crippen molar-refractivity contribution >= 4 is 23.1 Å². The van der Waals surface area contributed by atoms with E-state index in [1.165, 1.54) is 5.01 Å². The van der Waals surface area contributed by atoms with Gasteiger partial charge in [0.05, 0.1) is 17.2 Å². The van der Waals surface area contributed by atoms with Crippen molar-refractivity contribution in [1.82, 2.24) is 20.6 Å². The van der Waals surface area contributed by atoms with E-state index in [9.17, 15) is 0 Å². The number of guanidine groups is 1. The van der Waals surface area contributed by atoms with Crippen molar-refractivity contribution in [2.45, 2.75) is 38.8 Å². The lowest BCUT2D eigenvalue weighted by molar-refractivity contribution is 0.459. The number of thiazole rings is 1. The number of hydrogen-bond donors (Lipinski definition) is 2. The van der Waals surface area contributed by atoms with E-state index in [4.69, 9.17) is 0 Å². The fraction of sp³-hybridized carbons (Fsp3) is 0.500. The minimum Gasteiger partial charge on any atom is -0.356 e. The van der Waals surface area contributed by atoms with Gasteiger partial charge in [-0.3, -0.25) is 4.99 Å². The molecular formula is C18H26N6S. The molecule has 25 heavy (non-hydrogen) atoms. The van der Waals surface area contributed by atoms with Crippen molar-refractivity contribution in [3.8, 4) is 0 Å². The molecule has 0 aliphatic carbocycles. The zero-order valence-electron chi connectivity index (χ0n) is 14.9. The number of aromatic nitrogens is 2. The molecule has 0 radical (unpaired) electrons. The normalized spacial score (nSPS) is 16.1. The SMILES string of the molecule is CCc1nc(CNC(=NC)NC2CCN(c3ccccn3)CC2)cs1. The molecule has 0 unspecified atom stereocenters. The molecular weight excluding hydrogens is 332 g/mol. The standard InChI is InChI=1S/C18H26N6S/c1-3-17-22-15(13-25-17)12-21-18(19-2)23-14-7-10-24(11-8-14)16-6-4-5-9-20-16/h4-6,9,13-14H,3,7-8,10-12H2,1-2H3,(H2,19,21,23). The number of aliphatic imine (C=N–C) groups is 1. The van der Waals surface area contributed by atoms with Crippen LogP contribution in [0.15, 0.2) is 34.8 Å². The summed E-state index contributed by atoms with van der Waals surface area (Å²) >= 11 is 1.72. The van der Waals surface area contributed by atoms with Gasteiger partial charge in [0.2, 0.25) is 0 Å². The van der Waals surface area contributed by atoms with E-state index in [1.54, 1.807) is 11.3 Å². The highest BCUT2D eigenvalue weighted by molar-refractivity contribution is 7.09. The lowest BCUT2D eigenvalue weighted by Gasteiger charge is -2.33. The molecule has 0 aromatic carbocycles. The molecule has 6 nitrogen and oxygen atoms in total. The highest BCUT2D eigenvalue weighted by atomic mass is 32.1. The van der Waals surface area contributed by atoms with Crippen LogP contribution in [0.2, 0.25) is 0 Å². The Hall–Kier alpha value is -2.15. The van der Waals surface area contributed by atoms with Gasteiger partial charge in [0.1, 0.15) is 5.82 Å². The van der Waals surface area contributed by atoms with E-state index in [-0.39, 0.29) is 0 Å². The first-order valence-electron chi connectivity index (χ1n) is 8.85. The van der Waals surface area contributed by atoms with Crippen molar-refractivity contribution in [2.75, 3.05) is 25.0 Å². The van der Waals surface area contributed by atoms with Gasteiger partial charge < -0.3 is 15.5 Å². The molecule has 7 heteroatoms. The lowest BCUT2D eigenvalue weighted by Crippen LogP contribution is -2.48. The Labute approximate surface area is 153 Å². The monoisotopic (exact) mass is 358 g/mol. The molecule has 3 heterocycles. The Bertz CT molecular complexity index is 676. The number of hydrogen-bond acceptors (Lipinski definition) is 5. The predicted octanol–water partition coefficient (Wildman–Crippen LogP) is 2.43. The molecule has 1 saturated heterocycles. The first-order valence-corrected chi connectivity index (χ1v) is 9.73. The fourth-order valence-electron chi connectivity index (χ4n) is 2.95. The van der Waals surface area contributed by atoms with E-state index >= 15 is 0 Å². The van der Waals surface area contributed by atoms with Gasteiger partial charge in [-0.05, 0) is 31.4 Å². The van der Waals surface area contributed by atoms with Gasteiger partial charge in [-0.15, -0.1) is 11.3 Å². The lowest BCUT2D eigenvalue weighted by atomic mass is 10.1. The van der Waals surface area contributed by atoms with E-state index in [1.807, 2.05) is 25.4 Å². The summed E-state index contributed by atoms with van der Waals surface area (Å²) in [5.41, 5.74) is 1.08. The summed E-state index contributed by atoms with van der Waals surface area (Å²) in [6.07, 6.45) is 5.00. The van der Waals surface area contributed by atoms with Crippen molar-refractivity contribution in [3.05, 3.63) is 40.5 Å². The number of aryl methyl sites for hydroxylation is 1. The number of piperidine rings is 1. The minimum atomic E-state index is 0.438. The molecule has 0 atom stereocenters. The van der Waals surface area contributed by atoms with Gasteiger partial charge in [-0.25, -0.2) is 9.97 Å². The van der Waals surface area contributed by atoms with E-state index in [0.717, 1.165) is 49.8 Å². The summed E-state index contributed by atoms with van der Waals surface area (Å²) in [6, 6.07) is 6.51. The van der Waals surface area contributed by atoms with Gasteiger partial charge in [-0.1, -0.05) is 13.0 Å². The number of rotatable bonds is 5. The molecule has 134 valence electrons. The molecule has 2 aromatic heterocycles. The maximum absolute atomic E-state index is 4.58. The van der Waals surface area contributed by atoms with Crippen molar-refractivity contribution in [3.63, 3.8) is 0 Å². The van der Waals surface area contributed by atoms with Gasteiger partial charge in [-0.2, -0.15) is 0 Å². The van der Waals surface area contributed by atoms with E-state index in [0.29, 0.717) is 12.6 Å². The smallest absolute Gasteiger partial charge is 0.191 e. The van der Waals surface area contributed by atoms with Crippen LogP contribution in [0, 0.1) is 0 Å². The van der Waals surface area contributed by atoms with Gasteiger partial charge in [0.15, 0.2) is 5.96 Å². The highest BCUT2D eigenvalue weighted by Gasteiger charge is 2.20. The fourth-order valence-corrected chi connectivity index (χ4v) is 3.69. The number of pyridine rings is 1. The Kier molecular flexibility index (Phi) is 6.22. The zero-order valence-corrected chi connectivity index (χ0v) is 15.7. The van der Waals surface area contributed by atoms with Crippen LogP contribution < -0.4 is 15.5 Å². The second-order valence-corrected chi connectivity index (χ2v) is 7.05. The highest BCUT2D eigenvalue weighted by Crippen LogP contribution is 2.17. The molecule has 1 aliphatic rings. The molecule has 0 amide bonds. The zero-order chi connectivity index (χ0) is 17.5. The van der Waals surface area contributed by atoms with Crippen LogP contribution in [-0.2, 0) is 13.0 Å². The van der Waals surface area contributed by atoms with Crippen LogP contribution >= 0.6 is 11.3 Å². The molecule has 3 rings (SSSR count). The average molecular weight is 359 g/mol. The number of nitrogens with one attached hydrogen (secondary N) is 2. The molecule has 1 fully saturated rings. The quantitative estimate of drug-likeness (QED) is 0.635. The molecule has 0 bridgehead atoms. The third-order valence-electron chi connectivity index (χ3n) is 4.37. The first kappa shape index (κ1) is 17.7. The van der Waals surface area contributed by atoms with Gasteiger partial charge >= 0.3 is 0 Å². The molecule has 2 aromatic rings. The third-order valence-corrected chi connectivity index (χ3v) is 5.41. The first-order chi connectivity index (χ1) is 12.3. The van der Waals surface area contributed by atoms with Gasteiger partial charge in [0, 0.05) is 37.8 Å². The van der Waals surface area contributed by atoms with Crippen LogP contribution in [0.25, 0.3) is 0 Å². The summed E-state index contributed by atoms with van der Waals surface area (Å²) in [5.74, 6) is 1.92. The Morgan fingerprint density at radius 2 is 2.20 bits per heavy atom. The van der Waals surface area contributed by atoms with Crippen molar-refractivity contribution in [2.24, 2.45) is 4.99 Å². The second kappa shape index (κ2) is 8.80. The Morgan fingerprint density at radius 3 is 2.84 bits per heavy atom. The van der Waals surface area contributed by atoms with Crippen molar-refractivity contribution in [1.29, 1.82) is 0 Å². The van der Waals surface area contributed by atoms with Crippen LogP contribution in [0.3, 0.4) is 0 Å². The molecule has 0 saturated carbocycles. The third kappa shape index (κ3) is 4.92. The number of anilines is 1. The maximum atomic E-state index is 4.58. The van der Waals surface area contributed by atoms with E-state index < -0.39 is 0 Å².